The quantitative estimate of drug-likeness (QED) is 0.214. The van der Waals surface area contributed by atoms with Gasteiger partial charge in [-0.25, -0.2) is 0 Å². The van der Waals surface area contributed by atoms with Gasteiger partial charge in [-0.3, -0.25) is 25.0 Å². The lowest BCUT2D eigenvalue weighted by Gasteiger charge is -2.36. The Hall–Kier alpha value is -4.42. The summed E-state index contributed by atoms with van der Waals surface area (Å²) >= 11 is 11.5. The van der Waals surface area contributed by atoms with Crippen molar-refractivity contribution in [3.05, 3.63) is 86.9 Å². The molecule has 0 atom stereocenters. The molecule has 2 amide bonds. The number of carbonyl (C=O) groups excluding carboxylic acids is 2. The maximum Gasteiger partial charge on any atom is 0.270 e. The molecule has 2 heterocycles. The smallest absolute Gasteiger partial charge is 0.270 e. The van der Waals surface area contributed by atoms with Gasteiger partial charge in [0.25, 0.3) is 17.5 Å². The molecule has 13 heteroatoms. The number of thiocarbonyl (C=S) groups is 1. The highest BCUT2D eigenvalue weighted by Gasteiger charge is 2.26. The maximum absolute atomic E-state index is 13.1. The van der Waals surface area contributed by atoms with E-state index in [9.17, 15) is 19.7 Å². The van der Waals surface area contributed by atoms with Gasteiger partial charge in [0.05, 0.1) is 28.8 Å². The van der Waals surface area contributed by atoms with Crippen molar-refractivity contribution in [1.29, 1.82) is 0 Å². The van der Waals surface area contributed by atoms with Crippen LogP contribution in [0.3, 0.4) is 0 Å². The average molecular weight is 623 g/mol. The van der Waals surface area contributed by atoms with Gasteiger partial charge in [0.2, 0.25) is 0 Å². The summed E-state index contributed by atoms with van der Waals surface area (Å²) in [6, 6.07) is 16.9. The first-order valence-electron chi connectivity index (χ1n) is 13.9. The number of ether oxygens (including phenoxy) is 1. The lowest BCUT2D eigenvalue weighted by atomic mass is 10.1. The molecule has 2 aliphatic rings. The number of carbonyl (C=O) groups is 2. The van der Waals surface area contributed by atoms with Gasteiger partial charge < -0.3 is 24.8 Å². The first-order valence-corrected chi connectivity index (χ1v) is 14.7. The third-order valence-corrected chi connectivity index (χ3v) is 8.00. The second-order valence-corrected chi connectivity index (χ2v) is 11.1. The van der Waals surface area contributed by atoms with Crippen LogP contribution in [0.4, 0.5) is 22.7 Å². The van der Waals surface area contributed by atoms with Crippen molar-refractivity contribution >= 4 is 63.5 Å². The number of nitro groups is 1. The zero-order valence-electron chi connectivity index (χ0n) is 23.5. The Bertz CT molecular complexity index is 1540. The van der Waals surface area contributed by atoms with Crippen LogP contribution in [0.2, 0.25) is 5.02 Å². The molecule has 2 aliphatic heterocycles. The normalized spacial score (nSPS) is 14.8. The Morgan fingerprint density at radius 3 is 2.26 bits per heavy atom. The number of amides is 2. The highest BCUT2D eigenvalue weighted by atomic mass is 35.5. The molecular weight excluding hydrogens is 592 g/mol. The number of anilines is 3. The number of benzene rings is 3. The number of nitrogens with zero attached hydrogens (tertiary/aromatic N) is 4. The van der Waals surface area contributed by atoms with Crippen molar-refractivity contribution in [2.24, 2.45) is 0 Å². The molecule has 3 aromatic rings. The Balaban J connectivity index is 1.17. The summed E-state index contributed by atoms with van der Waals surface area (Å²) in [6.07, 6.45) is 2.00. The predicted molar refractivity (Wildman–Crippen MR) is 171 cm³/mol. The van der Waals surface area contributed by atoms with E-state index in [0.29, 0.717) is 53.9 Å². The lowest BCUT2D eigenvalue weighted by Crippen LogP contribution is -2.48. The van der Waals surface area contributed by atoms with E-state index in [1.54, 1.807) is 29.2 Å². The number of methoxy groups -OCH3 is 1. The Labute approximate surface area is 259 Å². The standard InChI is InChI=1S/C30H31ClN6O5S/c1-42-27-11-4-20(31)18-25(27)29(39)36-16-14-34(15-17-36)22-7-5-21(6-8-22)32-30(43)33-28(38)24-19-23(37(40)41)9-10-26(24)35-12-2-3-13-35/h4-11,18-19H,2-3,12-17H2,1H3,(H2,32,33,38,43). The third kappa shape index (κ3) is 6.98. The van der Waals surface area contributed by atoms with Gasteiger partial charge in [-0.05, 0) is 73.6 Å². The van der Waals surface area contributed by atoms with E-state index >= 15 is 0 Å². The van der Waals surface area contributed by atoms with Gasteiger partial charge >= 0.3 is 0 Å². The fourth-order valence-electron chi connectivity index (χ4n) is 5.33. The molecule has 0 unspecified atom stereocenters. The van der Waals surface area contributed by atoms with Crippen LogP contribution in [0.1, 0.15) is 33.6 Å². The molecule has 0 bridgehead atoms. The second-order valence-electron chi connectivity index (χ2n) is 10.2. The summed E-state index contributed by atoms with van der Waals surface area (Å²) in [5, 5.41) is 17.6. The van der Waals surface area contributed by atoms with Crippen LogP contribution in [0, 0.1) is 10.1 Å². The molecule has 3 aromatic carbocycles. The van der Waals surface area contributed by atoms with E-state index in [1.165, 1.54) is 19.2 Å². The lowest BCUT2D eigenvalue weighted by molar-refractivity contribution is -0.384. The van der Waals surface area contributed by atoms with E-state index in [1.807, 2.05) is 24.3 Å². The predicted octanol–water partition coefficient (Wildman–Crippen LogP) is 4.95. The molecule has 0 aliphatic carbocycles. The molecule has 2 fully saturated rings. The number of piperazine rings is 1. The van der Waals surface area contributed by atoms with Crippen LogP contribution < -0.4 is 25.2 Å². The summed E-state index contributed by atoms with van der Waals surface area (Å²) < 4.78 is 5.34. The number of halogens is 1. The summed E-state index contributed by atoms with van der Waals surface area (Å²) in [6.45, 7) is 3.96. The molecule has 0 spiro atoms. The molecule has 2 N–H and O–H groups in total. The van der Waals surface area contributed by atoms with Crippen molar-refractivity contribution in [2.45, 2.75) is 12.8 Å². The van der Waals surface area contributed by atoms with Crippen molar-refractivity contribution < 1.29 is 19.2 Å². The molecular formula is C30H31ClN6O5S. The first-order chi connectivity index (χ1) is 20.7. The fraction of sp³-hybridized carbons (Fsp3) is 0.300. The maximum atomic E-state index is 13.1. The van der Waals surface area contributed by atoms with Gasteiger partial charge in [0.15, 0.2) is 5.11 Å². The molecule has 0 saturated carbocycles. The minimum absolute atomic E-state index is 0.0835. The summed E-state index contributed by atoms with van der Waals surface area (Å²) in [5.41, 5.74) is 2.81. The molecule has 224 valence electrons. The van der Waals surface area contributed by atoms with E-state index in [4.69, 9.17) is 28.6 Å². The Kier molecular flexibility index (Phi) is 9.27. The van der Waals surface area contributed by atoms with Crippen LogP contribution in [0.25, 0.3) is 0 Å². The van der Waals surface area contributed by atoms with E-state index in [2.05, 4.69) is 20.4 Å². The minimum atomic E-state index is -0.517. The van der Waals surface area contributed by atoms with Crippen LogP contribution in [0.5, 0.6) is 5.75 Å². The average Bonchev–Trinajstić information content (AvgIpc) is 3.56. The SMILES string of the molecule is COc1ccc(Cl)cc1C(=O)N1CCN(c2ccc(NC(=S)NC(=O)c3cc([N+](=O)[O-])ccc3N3CCCC3)cc2)CC1. The van der Waals surface area contributed by atoms with Gasteiger partial charge in [0, 0.05) is 67.8 Å². The highest BCUT2D eigenvalue weighted by Crippen LogP contribution is 2.29. The van der Waals surface area contributed by atoms with Gasteiger partial charge in [-0.1, -0.05) is 11.6 Å². The molecule has 43 heavy (non-hydrogen) atoms. The summed E-state index contributed by atoms with van der Waals surface area (Å²) in [5.74, 6) is -0.138. The molecule has 0 aromatic heterocycles. The van der Waals surface area contributed by atoms with Crippen LogP contribution in [-0.4, -0.2) is 73.1 Å². The van der Waals surface area contributed by atoms with Crippen LogP contribution in [0.15, 0.2) is 60.7 Å². The topological polar surface area (TPSA) is 120 Å². The van der Waals surface area contributed by atoms with E-state index < -0.39 is 10.8 Å². The third-order valence-electron chi connectivity index (χ3n) is 7.56. The van der Waals surface area contributed by atoms with E-state index in [-0.39, 0.29) is 22.3 Å². The minimum Gasteiger partial charge on any atom is -0.496 e. The Morgan fingerprint density at radius 1 is 0.907 bits per heavy atom. The zero-order valence-corrected chi connectivity index (χ0v) is 25.1. The van der Waals surface area contributed by atoms with Gasteiger partial charge in [-0.2, -0.15) is 0 Å². The number of hydrogen-bond acceptors (Lipinski definition) is 8. The van der Waals surface area contributed by atoms with Crippen molar-refractivity contribution in [2.75, 3.05) is 61.5 Å². The van der Waals surface area contributed by atoms with E-state index in [0.717, 1.165) is 31.6 Å². The first kappa shape index (κ1) is 30.1. The van der Waals surface area contributed by atoms with Crippen molar-refractivity contribution in [3.63, 3.8) is 0 Å². The van der Waals surface area contributed by atoms with Gasteiger partial charge in [-0.15, -0.1) is 0 Å². The molecule has 2 saturated heterocycles. The highest BCUT2D eigenvalue weighted by molar-refractivity contribution is 7.80. The second kappa shape index (κ2) is 13.3. The van der Waals surface area contributed by atoms with Crippen LogP contribution >= 0.6 is 23.8 Å². The molecule has 11 nitrogen and oxygen atoms in total. The summed E-state index contributed by atoms with van der Waals surface area (Å²) in [4.78, 5) is 43.1. The zero-order chi connectivity index (χ0) is 30.5. The van der Waals surface area contributed by atoms with Crippen LogP contribution in [-0.2, 0) is 0 Å². The number of nitro benzene ring substituents is 1. The van der Waals surface area contributed by atoms with Crippen molar-refractivity contribution in [3.8, 4) is 5.75 Å². The van der Waals surface area contributed by atoms with Gasteiger partial charge in [0.1, 0.15) is 5.75 Å². The fourth-order valence-corrected chi connectivity index (χ4v) is 5.71. The summed E-state index contributed by atoms with van der Waals surface area (Å²) in [7, 11) is 1.53. The number of rotatable bonds is 7. The number of non-ortho nitro benzene ring substituents is 1. The number of hydrogen-bond donors (Lipinski definition) is 2. The largest absolute Gasteiger partial charge is 0.496 e. The molecule has 5 rings (SSSR count). The Morgan fingerprint density at radius 2 is 1.60 bits per heavy atom. The molecule has 0 radical (unpaired) electrons. The monoisotopic (exact) mass is 622 g/mol. The van der Waals surface area contributed by atoms with Crippen molar-refractivity contribution in [1.82, 2.24) is 10.2 Å². The number of nitrogens with one attached hydrogen (secondary N) is 2.